The second-order valence-corrected chi connectivity index (χ2v) is 4.86. The van der Waals surface area contributed by atoms with Gasteiger partial charge in [0.25, 0.3) is 5.97 Å². The van der Waals surface area contributed by atoms with Gasteiger partial charge in [-0.2, -0.15) is 0 Å². The van der Waals surface area contributed by atoms with Gasteiger partial charge < -0.3 is 14.2 Å². The van der Waals surface area contributed by atoms with Crippen LogP contribution in [0.4, 0.5) is 0 Å². The summed E-state index contributed by atoms with van der Waals surface area (Å²) in [6.07, 6.45) is 9.97. The van der Waals surface area contributed by atoms with Crippen molar-refractivity contribution in [3.8, 4) is 0 Å². The van der Waals surface area contributed by atoms with Gasteiger partial charge in [-0.15, -0.1) is 0 Å². The number of hydrogen-bond acceptors (Lipinski definition) is 3. The first kappa shape index (κ1) is 12.3. The van der Waals surface area contributed by atoms with E-state index in [4.69, 9.17) is 14.2 Å². The lowest BCUT2D eigenvalue weighted by Crippen LogP contribution is -2.41. The monoisotopic (exact) mass is 228 g/mol. The highest BCUT2D eigenvalue weighted by molar-refractivity contribution is 4.74. The summed E-state index contributed by atoms with van der Waals surface area (Å²) in [7, 11) is 0. The summed E-state index contributed by atoms with van der Waals surface area (Å²) < 4.78 is 17.2. The Hall–Kier alpha value is -0.120. The second-order valence-electron chi connectivity index (χ2n) is 4.86. The van der Waals surface area contributed by atoms with Crippen LogP contribution in [0.1, 0.15) is 58.3 Å². The van der Waals surface area contributed by atoms with Gasteiger partial charge in [0, 0.05) is 6.42 Å². The fourth-order valence-corrected chi connectivity index (χ4v) is 2.57. The van der Waals surface area contributed by atoms with E-state index in [-0.39, 0.29) is 0 Å². The molecule has 94 valence electrons. The molecule has 3 heteroatoms. The summed E-state index contributed by atoms with van der Waals surface area (Å²) >= 11 is 0. The van der Waals surface area contributed by atoms with Crippen molar-refractivity contribution >= 4 is 0 Å². The molecule has 0 bridgehead atoms. The van der Waals surface area contributed by atoms with Gasteiger partial charge in [0.1, 0.15) is 0 Å². The van der Waals surface area contributed by atoms with Gasteiger partial charge in [-0.1, -0.05) is 32.6 Å². The molecule has 16 heavy (non-hydrogen) atoms. The summed E-state index contributed by atoms with van der Waals surface area (Å²) in [6, 6.07) is 0. The lowest BCUT2D eigenvalue weighted by molar-refractivity contribution is -0.364. The largest absolute Gasteiger partial charge is 0.325 e. The first-order valence-corrected chi connectivity index (χ1v) is 6.80. The van der Waals surface area contributed by atoms with E-state index in [2.05, 4.69) is 6.92 Å². The molecule has 1 unspecified atom stereocenters. The number of unbranched alkanes of at least 4 members (excludes halogenated alkanes) is 3. The van der Waals surface area contributed by atoms with Gasteiger partial charge in [0.05, 0.1) is 19.3 Å². The van der Waals surface area contributed by atoms with Crippen LogP contribution in [0.2, 0.25) is 0 Å². The molecule has 1 atom stereocenters. The van der Waals surface area contributed by atoms with Crippen LogP contribution in [0.15, 0.2) is 0 Å². The van der Waals surface area contributed by atoms with Gasteiger partial charge >= 0.3 is 0 Å². The Morgan fingerprint density at radius 3 is 2.69 bits per heavy atom. The molecule has 3 nitrogen and oxygen atoms in total. The van der Waals surface area contributed by atoms with E-state index in [9.17, 15) is 0 Å². The summed E-state index contributed by atoms with van der Waals surface area (Å²) in [4.78, 5) is 0. The molecule has 2 fully saturated rings. The fourth-order valence-electron chi connectivity index (χ4n) is 2.57. The van der Waals surface area contributed by atoms with Crippen molar-refractivity contribution in [2.75, 3.05) is 13.2 Å². The van der Waals surface area contributed by atoms with Crippen molar-refractivity contribution in [2.24, 2.45) is 0 Å². The molecule has 1 spiro atoms. The molecule has 2 saturated heterocycles. The molecular formula is C13H24O3. The molecule has 2 aliphatic heterocycles. The molecule has 0 radical (unpaired) electrons. The third-order valence-electron chi connectivity index (χ3n) is 3.46. The van der Waals surface area contributed by atoms with E-state index in [1.54, 1.807) is 0 Å². The van der Waals surface area contributed by atoms with E-state index in [0.29, 0.717) is 19.3 Å². The molecule has 0 saturated carbocycles. The van der Waals surface area contributed by atoms with Gasteiger partial charge in [-0.05, 0) is 19.3 Å². The number of ether oxygens (including phenoxy) is 3. The van der Waals surface area contributed by atoms with E-state index in [1.807, 2.05) is 0 Å². The maximum absolute atomic E-state index is 5.97. The predicted molar refractivity (Wildman–Crippen MR) is 62.1 cm³/mol. The van der Waals surface area contributed by atoms with Gasteiger partial charge in [0.15, 0.2) is 0 Å². The Balaban J connectivity index is 1.70. The van der Waals surface area contributed by atoms with Crippen LogP contribution in [0.3, 0.4) is 0 Å². The van der Waals surface area contributed by atoms with Crippen molar-refractivity contribution in [2.45, 2.75) is 70.4 Å². The van der Waals surface area contributed by atoms with E-state index in [0.717, 1.165) is 12.8 Å². The molecular weight excluding hydrogens is 204 g/mol. The summed E-state index contributed by atoms with van der Waals surface area (Å²) in [5.41, 5.74) is 0. The van der Waals surface area contributed by atoms with E-state index < -0.39 is 5.97 Å². The van der Waals surface area contributed by atoms with Crippen LogP contribution in [0.5, 0.6) is 0 Å². The summed E-state index contributed by atoms with van der Waals surface area (Å²) in [5.74, 6) is -0.659. The number of rotatable bonds is 5. The van der Waals surface area contributed by atoms with Crippen molar-refractivity contribution < 1.29 is 14.2 Å². The van der Waals surface area contributed by atoms with Gasteiger partial charge in [-0.3, -0.25) is 0 Å². The molecule has 2 heterocycles. The summed E-state index contributed by atoms with van der Waals surface area (Å²) in [5, 5.41) is 0. The molecule has 0 N–H and O–H groups in total. The Bertz CT molecular complexity index is 199. The third kappa shape index (κ3) is 3.19. The third-order valence-corrected chi connectivity index (χ3v) is 3.46. The Morgan fingerprint density at radius 1 is 1.12 bits per heavy atom. The molecule has 0 amide bonds. The van der Waals surface area contributed by atoms with Crippen LogP contribution in [-0.4, -0.2) is 25.3 Å². The SMILES string of the molecule is CCCCCCC1CCCC2(OCCO2)O1. The highest BCUT2D eigenvalue weighted by atomic mass is 16.9. The maximum atomic E-state index is 5.97. The fraction of sp³-hybridized carbons (Fsp3) is 1.00. The average molecular weight is 228 g/mol. The highest BCUT2D eigenvalue weighted by Crippen LogP contribution is 2.35. The Labute approximate surface area is 98.4 Å². The lowest BCUT2D eigenvalue weighted by Gasteiger charge is -2.36. The van der Waals surface area contributed by atoms with Gasteiger partial charge in [0.2, 0.25) is 0 Å². The molecule has 2 rings (SSSR count). The maximum Gasteiger partial charge on any atom is 0.283 e. The zero-order valence-corrected chi connectivity index (χ0v) is 10.4. The lowest BCUT2D eigenvalue weighted by atomic mass is 10.0. The quantitative estimate of drug-likeness (QED) is 0.676. The zero-order chi connectivity index (χ0) is 11.3. The number of hydrogen-bond donors (Lipinski definition) is 0. The minimum Gasteiger partial charge on any atom is -0.325 e. The van der Waals surface area contributed by atoms with E-state index >= 15 is 0 Å². The standard InChI is InChI=1S/C13H24O3/c1-2-3-4-5-7-12-8-6-9-13(16-12)14-10-11-15-13/h12H,2-11H2,1H3. The van der Waals surface area contributed by atoms with Crippen LogP contribution in [0, 0.1) is 0 Å². The Morgan fingerprint density at radius 2 is 1.94 bits per heavy atom. The van der Waals surface area contributed by atoms with Crippen molar-refractivity contribution in [3.05, 3.63) is 0 Å². The van der Waals surface area contributed by atoms with Crippen molar-refractivity contribution in [1.29, 1.82) is 0 Å². The smallest absolute Gasteiger partial charge is 0.283 e. The topological polar surface area (TPSA) is 27.7 Å². The van der Waals surface area contributed by atoms with Gasteiger partial charge in [-0.25, -0.2) is 0 Å². The minimum absolute atomic E-state index is 0.351. The molecule has 0 aromatic heterocycles. The summed E-state index contributed by atoms with van der Waals surface area (Å²) in [6.45, 7) is 3.61. The van der Waals surface area contributed by atoms with Crippen LogP contribution < -0.4 is 0 Å². The van der Waals surface area contributed by atoms with E-state index in [1.165, 1.54) is 38.5 Å². The average Bonchev–Trinajstić information content (AvgIpc) is 2.73. The molecule has 0 aromatic rings. The molecule has 2 aliphatic rings. The normalized spacial score (nSPS) is 28.7. The first-order valence-electron chi connectivity index (χ1n) is 6.80. The van der Waals surface area contributed by atoms with Crippen molar-refractivity contribution in [1.82, 2.24) is 0 Å². The van der Waals surface area contributed by atoms with Crippen LogP contribution in [0.25, 0.3) is 0 Å². The Kier molecular flexibility index (Phi) is 4.62. The molecule has 0 aromatic carbocycles. The minimum atomic E-state index is -0.659. The van der Waals surface area contributed by atoms with Crippen molar-refractivity contribution in [3.63, 3.8) is 0 Å². The zero-order valence-electron chi connectivity index (χ0n) is 10.4. The predicted octanol–water partition coefficient (Wildman–Crippen LogP) is 3.23. The van der Waals surface area contributed by atoms with Crippen LogP contribution >= 0.6 is 0 Å². The molecule has 0 aliphatic carbocycles. The first-order chi connectivity index (χ1) is 7.85. The highest BCUT2D eigenvalue weighted by Gasteiger charge is 2.42. The second kappa shape index (κ2) is 5.99. The van der Waals surface area contributed by atoms with Crippen LogP contribution in [-0.2, 0) is 14.2 Å².